The van der Waals surface area contributed by atoms with Gasteiger partial charge in [0.1, 0.15) is 13.2 Å². The van der Waals surface area contributed by atoms with Crippen molar-refractivity contribution in [2.24, 2.45) is 0 Å². The maximum Gasteiger partial charge on any atom is 0.268 e. The number of amides is 1. The van der Waals surface area contributed by atoms with Crippen molar-refractivity contribution in [2.75, 3.05) is 40.9 Å². The van der Waals surface area contributed by atoms with Crippen LogP contribution in [0.5, 0.6) is 0 Å². The number of likely N-dealkylation sites (N-methyl/N-ethyl adjacent to an activating group) is 1. The van der Waals surface area contributed by atoms with Crippen molar-refractivity contribution in [2.45, 2.75) is 264 Å². The van der Waals surface area contributed by atoms with Gasteiger partial charge in [0.2, 0.25) is 5.91 Å². The van der Waals surface area contributed by atoms with Gasteiger partial charge in [0.15, 0.2) is 0 Å². The molecule has 8 nitrogen and oxygen atoms in total. The zero-order valence-electron chi connectivity index (χ0n) is 51.5. The van der Waals surface area contributed by atoms with E-state index in [2.05, 4.69) is 141 Å². The Labute approximate surface area is 487 Å². The third-order valence-corrected chi connectivity index (χ3v) is 14.6. The smallest absolute Gasteiger partial charge is 0.268 e. The number of nitrogens with zero attached hydrogens (tertiary/aromatic N) is 1. The van der Waals surface area contributed by atoms with Crippen molar-refractivity contribution in [3.05, 3.63) is 134 Å². The van der Waals surface area contributed by atoms with Crippen LogP contribution in [0.2, 0.25) is 0 Å². The lowest BCUT2D eigenvalue weighted by Crippen LogP contribution is -2.45. The summed E-state index contributed by atoms with van der Waals surface area (Å²) in [7, 11) is 1.22. The number of phosphoric ester groups is 1. The minimum absolute atomic E-state index is 0.0155. The highest BCUT2D eigenvalue weighted by Gasteiger charge is 2.23. The number of hydrogen-bond acceptors (Lipinski definition) is 6. The van der Waals surface area contributed by atoms with Crippen LogP contribution in [-0.4, -0.2) is 68.5 Å². The topological polar surface area (TPSA) is 108 Å². The molecule has 0 bridgehead atoms. The number of unbranched alkanes of at least 4 members (excludes halogenated alkanes) is 24. The van der Waals surface area contributed by atoms with Crippen LogP contribution in [0.25, 0.3) is 0 Å². The van der Waals surface area contributed by atoms with E-state index in [1.807, 2.05) is 27.2 Å². The zero-order valence-corrected chi connectivity index (χ0v) is 52.4. The van der Waals surface area contributed by atoms with Gasteiger partial charge in [-0.2, -0.15) is 0 Å². The Bertz CT molecular complexity index is 1750. The number of nitrogens with one attached hydrogen (secondary N) is 1. The summed E-state index contributed by atoms with van der Waals surface area (Å²) in [5, 5.41) is 13.9. The fourth-order valence-corrected chi connectivity index (χ4v) is 9.36. The summed E-state index contributed by atoms with van der Waals surface area (Å²) in [5.41, 5.74) is 0. The molecule has 0 fully saturated rings. The van der Waals surface area contributed by atoms with Crippen molar-refractivity contribution in [1.29, 1.82) is 0 Å². The SMILES string of the molecule is CC/C=C\C/C=C\C/C=C\C/C=C\C/C=C\C/C=C\C/C=C\C/C=C\C/C=C\CCCCCCCCCC(=O)NC(COP(=O)([O-])OCC[N+](C)(C)C)C(O)/C=C/CC/C=C/CCCCCCCCCCCCCCCCCC. The summed E-state index contributed by atoms with van der Waals surface area (Å²) in [6.45, 7) is 4.51. The van der Waals surface area contributed by atoms with Crippen LogP contribution in [-0.2, 0) is 18.4 Å². The van der Waals surface area contributed by atoms with Gasteiger partial charge in [-0.25, -0.2) is 0 Å². The van der Waals surface area contributed by atoms with Crippen molar-refractivity contribution in [1.82, 2.24) is 5.32 Å². The predicted molar refractivity (Wildman–Crippen MR) is 343 cm³/mol. The highest BCUT2D eigenvalue weighted by atomic mass is 31.2. The van der Waals surface area contributed by atoms with Gasteiger partial charge >= 0.3 is 0 Å². The zero-order chi connectivity index (χ0) is 57.7. The van der Waals surface area contributed by atoms with E-state index in [0.717, 1.165) is 109 Å². The van der Waals surface area contributed by atoms with Crippen molar-refractivity contribution in [3.8, 4) is 0 Å². The molecule has 0 aliphatic heterocycles. The van der Waals surface area contributed by atoms with Crippen LogP contribution < -0.4 is 10.2 Å². The van der Waals surface area contributed by atoms with E-state index in [9.17, 15) is 19.4 Å². The lowest BCUT2D eigenvalue weighted by Gasteiger charge is -2.29. The van der Waals surface area contributed by atoms with Gasteiger partial charge in [0.05, 0.1) is 39.9 Å². The maximum atomic E-state index is 13.0. The standard InChI is InChI=1S/C70H121N2O6P/c1-6-8-10-12-14-16-18-20-22-24-26-28-30-31-32-33-34-35-36-37-38-39-40-41-42-44-46-48-50-52-54-56-58-60-62-64-70(74)71-68(67-78-79(75,76)77-66-65-72(3,4)5)69(73)63-61-59-57-55-53-51-49-47-45-43-29-27-25-23-21-19-17-15-13-11-9-7-2/h8,10,14,16,20,22,26,28,31-32,34-35,37-38,40-41,44,46,53,55,61,63,68-69,73H,6-7,9,11-13,15,17-19,21,23-25,27,29-30,33,36,39,42-43,45,47-52,54,56-60,62,64-67H2,1-5H3,(H-,71,74,75,76)/b10-8-,16-14-,22-20-,28-26-,32-31-,35-34-,38-37-,41-40-,46-44-,55-53+,63-61+. The molecular formula is C70H121N2O6P. The Morgan fingerprint density at radius 1 is 0.456 bits per heavy atom. The average molecular weight is 1120 g/mol. The molecule has 0 heterocycles. The molecule has 79 heavy (non-hydrogen) atoms. The molecule has 0 aliphatic rings. The normalized spacial score (nSPS) is 14.7. The monoisotopic (exact) mass is 1120 g/mol. The minimum Gasteiger partial charge on any atom is -0.756 e. The molecule has 0 spiro atoms. The van der Waals surface area contributed by atoms with Crippen LogP contribution >= 0.6 is 7.82 Å². The summed E-state index contributed by atoms with van der Waals surface area (Å²) in [6.07, 6.45) is 89.7. The van der Waals surface area contributed by atoms with Crippen LogP contribution in [0.15, 0.2) is 134 Å². The molecule has 0 saturated carbocycles. The van der Waals surface area contributed by atoms with Gasteiger partial charge in [-0.1, -0.05) is 276 Å². The van der Waals surface area contributed by atoms with Crippen molar-refractivity contribution >= 4 is 13.7 Å². The Hall–Kier alpha value is -3.36. The van der Waals surface area contributed by atoms with E-state index in [4.69, 9.17) is 9.05 Å². The molecule has 0 rings (SSSR count). The Morgan fingerprint density at radius 3 is 1.18 bits per heavy atom. The molecule has 0 aromatic heterocycles. The van der Waals surface area contributed by atoms with Crippen molar-refractivity contribution < 1.29 is 32.9 Å². The Balaban J connectivity index is 4.25. The molecule has 1 amide bonds. The first-order chi connectivity index (χ1) is 38.5. The third-order valence-electron chi connectivity index (χ3n) is 13.6. The van der Waals surface area contributed by atoms with Gasteiger partial charge in [-0.15, -0.1) is 0 Å². The van der Waals surface area contributed by atoms with E-state index in [1.54, 1.807) is 6.08 Å². The van der Waals surface area contributed by atoms with E-state index in [1.165, 1.54) is 122 Å². The number of phosphoric acid groups is 1. The molecule has 0 saturated heterocycles. The first-order valence-corrected chi connectivity index (χ1v) is 33.5. The highest BCUT2D eigenvalue weighted by molar-refractivity contribution is 7.45. The van der Waals surface area contributed by atoms with Crippen LogP contribution in [0, 0.1) is 0 Å². The van der Waals surface area contributed by atoms with Crippen molar-refractivity contribution in [3.63, 3.8) is 0 Å². The van der Waals surface area contributed by atoms with Crippen LogP contribution in [0.3, 0.4) is 0 Å². The molecule has 2 N–H and O–H groups in total. The van der Waals surface area contributed by atoms with E-state index >= 15 is 0 Å². The summed E-state index contributed by atoms with van der Waals surface area (Å²) in [6, 6.07) is -0.921. The lowest BCUT2D eigenvalue weighted by molar-refractivity contribution is -0.870. The fraction of sp³-hybridized carbons (Fsp3) is 0.671. The van der Waals surface area contributed by atoms with E-state index in [0.29, 0.717) is 17.4 Å². The largest absolute Gasteiger partial charge is 0.756 e. The molecule has 3 atom stereocenters. The number of aliphatic hydroxyl groups is 1. The second-order valence-corrected chi connectivity index (χ2v) is 23.8. The summed E-state index contributed by atoms with van der Waals surface area (Å²) in [5.74, 6) is -0.223. The first-order valence-electron chi connectivity index (χ1n) is 32.0. The van der Waals surface area contributed by atoms with Gasteiger partial charge < -0.3 is 28.8 Å². The van der Waals surface area contributed by atoms with Gasteiger partial charge in [-0.3, -0.25) is 9.36 Å². The number of rotatable bonds is 57. The fourth-order valence-electron chi connectivity index (χ4n) is 8.63. The maximum absolute atomic E-state index is 13.0. The second kappa shape index (κ2) is 59.3. The van der Waals surface area contributed by atoms with Crippen LogP contribution in [0.1, 0.15) is 251 Å². The molecule has 0 radical (unpaired) electrons. The summed E-state index contributed by atoms with van der Waals surface area (Å²) >= 11 is 0. The van der Waals surface area contributed by atoms with Gasteiger partial charge in [0.25, 0.3) is 7.82 Å². The highest BCUT2D eigenvalue weighted by Crippen LogP contribution is 2.38. The summed E-state index contributed by atoms with van der Waals surface area (Å²) < 4.78 is 23.4. The lowest BCUT2D eigenvalue weighted by atomic mass is 10.0. The molecule has 452 valence electrons. The second-order valence-electron chi connectivity index (χ2n) is 22.4. The van der Waals surface area contributed by atoms with Gasteiger partial charge in [0, 0.05) is 6.42 Å². The number of aliphatic hydroxyl groups excluding tert-OH is 1. The number of hydrogen-bond donors (Lipinski definition) is 2. The minimum atomic E-state index is -4.62. The molecule has 0 aromatic rings. The molecule has 3 unspecified atom stereocenters. The molecule has 9 heteroatoms. The quantitative estimate of drug-likeness (QED) is 0.0272. The van der Waals surface area contributed by atoms with E-state index in [-0.39, 0.29) is 12.5 Å². The average Bonchev–Trinajstić information content (AvgIpc) is 3.42. The molecule has 0 aliphatic carbocycles. The number of carbonyl (C=O) groups excluding carboxylic acids is 1. The number of allylic oxidation sites excluding steroid dienone is 21. The molecular weight excluding hydrogens is 996 g/mol. The van der Waals surface area contributed by atoms with E-state index < -0.39 is 26.6 Å². The van der Waals surface area contributed by atoms with Crippen LogP contribution in [0.4, 0.5) is 0 Å². The van der Waals surface area contributed by atoms with Gasteiger partial charge in [-0.05, 0) is 103 Å². The summed E-state index contributed by atoms with van der Waals surface area (Å²) in [4.78, 5) is 25.6. The molecule has 0 aromatic carbocycles. The Kier molecular flexibility index (Phi) is 56.7. The first kappa shape index (κ1) is 75.6. The number of carbonyl (C=O) groups is 1. The predicted octanol–water partition coefficient (Wildman–Crippen LogP) is 19.6. The third kappa shape index (κ3) is 62.1. The number of quaternary nitrogens is 1. The Morgan fingerprint density at radius 2 is 0.785 bits per heavy atom.